The molecule has 4 nitrogen and oxygen atoms in total. The number of hydrogen-bond donors (Lipinski definition) is 1. The Hall–Kier alpha value is -2.04. The van der Waals surface area contributed by atoms with Gasteiger partial charge in [-0.15, -0.1) is 0 Å². The van der Waals surface area contributed by atoms with Crippen molar-refractivity contribution >= 4 is 46.4 Å². The molecule has 23 heavy (non-hydrogen) atoms. The van der Waals surface area contributed by atoms with Crippen molar-refractivity contribution in [1.29, 1.82) is 0 Å². The number of imide groups is 1. The van der Waals surface area contributed by atoms with Crippen LogP contribution in [0.15, 0.2) is 42.5 Å². The summed E-state index contributed by atoms with van der Waals surface area (Å²) in [6.45, 7) is 1.95. The molecule has 2 aromatic carbocycles. The molecule has 0 aromatic heterocycles. The minimum Gasteiger partial charge on any atom is -0.373 e. The van der Waals surface area contributed by atoms with Gasteiger partial charge < -0.3 is 5.32 Å². The summed E-state index contributed by atoms with van der Waals surface area (Å²) in [6.07, 6.45) is 0.104. The summed E-state index contributed by atoms with van der Waals surface area (Å²) in [4.78, 5) is 26.0. The number of carbonyl (C=O) groups is 2. The fourth-order valence-corrected chi connectivity index (χ4v) is 2.79. The quantitative estimate of drug-likeness (QED) is 0.851. The number of anilines is 2. The van der Waals surface area contributed by atoms with Crippen molar-refractivity contribution in [2.75, 3.05) is 10.2 Å². The number of nitrogens with one attached hydrogen (secondary N) is 1. The van der Waals surface area contributed by atoms with Crippen molar-refractivity contribution in [2.24, 2.45) is 0 Å². The number of carbonyl (C=O) groups excluding carboxylic acids is 2. The van der Waals surface area contributed by atoms with Crippen molar-refractivity contribution in [3.05, 3.63) is 58.1 Å². The highest BCUT2D eigenvalue weighted by Gasteiger charge is 2.39. The SMILES string of the molecule is Cc1ccc(N2C(=O)CC(Nc3ccc(Cl)c(Cl)c3)C2=O)cc1. The maximum Gasteiger partial charge on any atom is 0.256 e. The Balaban J connectivity index is 1.80. The number of benzene rings is 2. The van der Waals surface area contributed by atoms with E-state index >= 15 is 0 Å². The third-order valence-electron chi connectivity index (χ3n) is 3.70. The molecule has 0 bridgehead atoms. The summed E-state index contributed by atoms with van der Waals surface area (Å²) in [5.74, 6) is -0.499. The summed E-state index contributed by atoms with van der Waals surface area (Å²) in [5.41, 5.74) is 2.30. The molecule has 118 valence electrons. The van der Waals surface area contributed by atoms with E-state index in [0.717, 1.165) is 5.56 Å². The van der Waals surface area contributed by atoms with Gasteiger partial charge in [0.05, 0.1) is 22.2 Å². The predicted octanol–water partition coefficient (Wildman–Crippen LogP) is 4.05. The van der Waals surface area contributed by atoms with Gasteiger partial charge in [-0.25, -0.2) is 4.90 Å². The lowest BCUT2D eigenvalue weighted by molar-refractivity contribution is -0.121. The second-order valence-corrected chi connectivity index (χ2v) is 6.25. The molecule has 1 N–H and O–H groups in total. The molecule has 1 heterocycles. The molecule has 1 fully saturated rings. The Kier molecular flexibility index (Phi) is 4.28. The van der Waals surface area contributed by atoms with Gasteiger partial charge in [-0.3, -0.25) is 9.59 Å². The van der Waals surface area contributed by atoms with Crippen LogP contribution in [-0.2, 0) is 9.59 Å². The second kappa shape index (κ2) is 6.22. The van der Waals surface area contributed by atoms with E-state index in [0.29, 0.717) is 21.4 Å². The molecule has 0 aliphatic carbocycles. The Bertz CT molecular complexity index is 775. The average molecular weight is 349 g/mol. The van der Waals surface area contributed by atoms with Crippen LogP contribution in [0.4, 0.5) is 11.4 Å². The third-order valence-corrected chi connectivity index (χ3v) is 4.44. The van der Waals surface area contributed by atoms with Crippen molar-refractivity contribution < 1.29 is 9.59 Å². The molecule has 2 aromatic rings. The van der Waals surface area contributed by atoms with Gasteiger partial charge in [0.15, 0.2) is 0 Å². The highest BCUT2D eigenvalue weighted by molar-refractivity contribution is 6.42. The van der Waals surface area contributed by atoms with Crippen LogP contribution in [0.25, 0.3) is 0 Å². The smallest absolute Gasteiger partial charge is 0.256 e. The lowest BCUT2D eigenvalue weighted by Gasteiger charge is -2.16. The van der Waals surface area contributed by atoms with E-state index in [2.05, 4.69) is 5.32 Å². The van der Waals surface area contributed by atoms with Gasteiger partial charge in [0, 0.05) is 5.69 Å². The van der Waals surface area contributed by atoms with Gasteiger partial charge in [-0.2, -0.15) is 0 Å². The Morgan fingerprint density at radius 3 is 2.39 bits per heavy atom. The van der Waals surface area contributed by atoms with Crippen LogP contribution >= 0.6 is 23.2 Å². The molecule has 0 spiro atoms. The standard InChI is InChI=1S/C17H14Cl2N2O2/c1-10-2-5-12(6-3-10)21-16(22)9-15(17(21)23)20-11-4-7-13(18)14(19)8-11/h2-8,15,20H,9H2,1H3. The van der Waals surface area contributed by atoms with Crippen LogP contribution in [0.5, 0.6) is 0 Å². The summed E-state index contributed by atoms with van der Waals surface area (Å²) in [7, 11) is 0. The maximum atomic E-state index is 12.5. The molecule has 1 aliphatic heterocycles. The Morgan fingerprint density at radius 1 is 1.04 bits per heavy atom. The van der Waals surface area contributed by atoms with Gasteiger partial charge in [-0.05, 0) is 37.3 Å². The molecular weight excluding hydrogens is 335 g/mol. The van der Waals surface area contributed by atoms with Crippen LogP contribution in [0.2, 0.25) is 10.0 Å². The fraction of sp³-hybridized carbons (Fsp3) is 0.176. The average Bonchev–Trinajstić information content (AvgIpc) is 2.79. The first kappa shape index (κ1) is 15.8. The summed E-state index contributed by atoms with van der Waals surface area (Å²) >= 11 is 11.8. The predicted molar refractivity (Wildman–Crippen MR) is 92.2 cm³/mol. The van der Waals surface area contributed by atoms with E-state index in [9.17, 15) is 9.59 Å². The maximum absolute atomic E-state index is 12.5. The highest BCUT2D eigenvalue weighted by Crippen LogP contribution is 2.28. The number of nitrogens with zero attached hydrogens (tertiary/aromatic N) is 1. The van der Waals surface area contributed by atoms with E-state index < -0.39 is 6.04 Å². The first-order chi connectivity index (χ1) is 11.0. The van der Waals surface area contributed by atoms with Crippen LogP contribution in [-0.4, -0.2) is 17.9 Å². The zero-order chi connectivity index (χ0) is 16.6. The number of amides is 2. The molecule has 1 aliphatic rings. The molecule has 6 heteroatoms. The molecule has 1 unspecified atom stereocenters. The van der Waals surface area contributed by atoms with Gasteiger partial charge in [0.1, 0.15) is 6.04 Å². The summed E-state index contributed by atoms with van der Waals surface area (Å²) < 4.78 is 0. The highest BCUT2D eigenvalue weighted by atomic mass is 35.5. The molecule has 0 radical (unpaired) electrons. The molecule has 1 saturated heterocycles. The monoisotopic (exact) mass is 348 g/mol. The lowest BCUT2D eigenvalue weighted by atomic mass is 10.2. The molecule has 0 saturated carbocycles. The molecule has 3 rings (SSSR count). The minimum atomic E-state index is -0.610. The first-order valence-corrected chi connectivity index (χ1v) is 7.86. The van der Waals surface area contributed by atoms with E-state index in [4.69, 9.17) is 23.2 Å². The van der Waals surface area contributed by atoms with Gasteiger partial charge >= 0.3 is 0 Å². The van der Waals surface area contributed by atoms with Crippen LogP contribution < -0.4 is 10.2 Å². The first-order valence-electron chi connectivity index (χ1n) is 7.11. The van der Waals surface area contributed by atoms with Crippen LogP contribution in [0, 0.1) is 6.92 Å². The van der Waals surface area contributed by atoms with Gasteiger partial charge in [0.25, 0.3) is 5.91 Å². The molecular formula is C17H14Cl2N2O2. The van der Waals surface area contributed by atoms with Crippen molar-refractivity contribution in [3.63, 3.8) is 0 Å². The molecule has 1 atom stereocenters. The van der Waals surface area contributed by atoms with E-state index in [1.807, 2.05) is 19.1 Å². The minimum absolute atomic E-state index is 0.104. The summed E-state index contributed by atoms with van der Waals surface area (Å²) in [5, 5.41) is 3.87. The van der Waals surface area contributed by atoms with E-state index in [1.54, 1.807) is 30.3 Å². The third kappa shape index (κ3) is 3.19. The fourth-order valence-electron chi connectivity index (χ4n) is 2.50. The number of hydrogen-bond acceptors (Lipinski definition) is 3. The van der Waals surface area contributed by atoms with E-state index in [1.165, 1.54) is 4.90 Å². The second-order valence-electron chi connectivity index (χ2n) is 5.43. The topological polar surface area (TPSA) is 49.4 Å². The normalized spacial score (nSPS) is 17.7. The van der Waals surface area contributed by atoms with Crippen LogP contribution in [0.3, 0.4) is 0 Å². The zero-order valence-corrected chi connectivity index (χ0v) is 13.9. The van der Waals surface area contributed by atoms with Crippen molar-refractivity contribution in [3.8, 4) is 0 Å². The largest absolute Gasteiger partial charge is 0.373 e. The van der Waals surface area contributed by atoms with Crippen molar-refractivity contribution in [2.45, 2.75) is 19.4 Å². The van der Waals surface area contributed by atoms with Gasteiger partial charge in [0.2, 0.25) is 5.91 Å². The van der Waals surface area contributed by atoms with E-state index in [-0.39, 0.29) is 18.2 Å². The Morgan fingerprint density at radius 2 is 1.74 bits per heavy atom. The summed E-state index contributed by atoms with van der Waals surface area (Å²) in [6, 6.07) is 11.7. The van der Waals surface area contributed by atoms with Crippen molar-refractivity contribution in [1.82, 2.24) is 0 Å². The van der Waals surface area contributed by atoms with Gasteiger partial charge in [-0.1, -0.05) is 40.9 Å². The molecule has 2 amide bonds. The number of aryl methyl sites for hydroxylation is 1. The number of rotatable bonds is 3. The van der Waals surface area contributed by atoms with Crippen LogP contribution in [0.1, 0.15) is 12.0 Å². The Labute approximate surface area is 144 Å². The number of halogens is 2. The zero-order valence-electron chi connectivity index (χ0n) is 12.3. The lowest BCUT2D eigenvalue weighted by Crippen LogP contribution is -2.34.